The summed E-state index contributed by atoms with van der Waals surface area (Å²) in [5.41, 5.74) is 1.41. The highest BCUT2D eigenvalue weighted by Crippen LogP contribution is 2.33. The molecule has 0 unspecified atom stereocenters. The molecule has 1 aliphatic rings. The number of rotatable bonds is 2. The lowest BCUT2D eigenvalue weighted by molar-refractivity contribution is 0.174. The first-order chi connectivity index (χ1) is 7.88. The monoisotopic (exact) mass is 219 g/mol. The molecule has 16 heavy (non-hydrogen) atoms. The SMILES string of the molecule is OCc1cnnn1-c1ccc2c(c1)OCO2. The standard InChI is InChI=1S/C10H9N3O3/c14-5-8-4-11-12-13(8)7-1-2-9-10(3-7)16-6-15-9/h1-4,14H,5-6H2. The first-order valence-electron chi connectivity index (χ1n) is 4.79. The number of aliphatic hydroxyl groups excluding tert-OH is 1. The van der Waals surface area contributed by atoms with Gasteiger partial charge in [0.1, 0.15) is 0 Å². The number of benzene rings is 1. The van der Waals surface area contributed by atoms with Crippen LogP contribution < -0.4 is 9.47 Å². The van der Waals surface area contributed by atoms with Crippen LogP contribution in [0.3, 0.4) is 0 Å². The molecule has 82 valence electrons. The van der Waals surface area contributed by atoms with Gasteiger partial charge in [-0.05, 0) is 12.1 Å². The summed E-state index contributed by atoms with van der Waals surface area (Å²) < 4.78 is 12.0. The lowest BCUT2D eigenvalue weighted by Gasteiger charge is -2.04. The second kappa shape index (κ2) is 3.49. The molecule has 0 amide bonds. The number of ether oxygens (including phenoxy) is 2. The summed E-state index contributed by atoms with van der Waals surface area (Å²) in [4.78, 5) is 0. The van der Waals surface area contributed by atoms with Crippen LogP contribution in [0.2, 0.25) is 0 Å². The van der Waals surface area contributed by atoms with Gasteiger partial charge >= 0.3 is 0 Å². The van der Waals surface area contributed by atoms with E-state index in [1.54, 1.807) is 16.8 Å². The smallest absolute Gasteiger partial charge is 0.231 e. The fraction of sp³-hybridized carbons (Fsp3) is 0.200. The minimum absolute atomic E-state index is 0.110. The third kappa shape index (κ3) is 1.31. The summed E-state index contributed by atoms with van der Waals surface area (Å²) >= 11 is 0. The Labute approximate surface area is 91.0 Å². The molecule has 2 aromatic rings. The van der Waals surface area contributed by atoms with Crippen molar-refractivity contribution in [3.63, 3.8) is 0 Å². The van der Waals surface area contributed by atoms with Gasteiger partial charge in [-0.1, -0.05) is 5.21 Å². The highest BCUT2D eigenvalue weighted by atomic mass is 16.7. The van der Waals surface area contributed by atoms with Crippen LogP contribution in [-0.4, -0.2) is 26.9 Å². The molecule has 0 radical (unpaired) electrons. The minimum Gasteiger partial charge on any atom is -0.454 e. The predicted octanol–water partition coefficient (Wildman–Crippen LogP) is 0.488. The molecule has 6 nitrogen and oxygen atoms in total. The molecule has 2 heterocycles. The molecule has 3 rings (SSSR count). The van der Waals surface area contributed by atoms with Gasteiger partial charge < -0.3 is 14.6 Å². The molecule has 0 bridgehead atoms. The lowest BCUT2D eigenvalue weighted by Crippen LogP contribution is -2.01. The van der Waals surface area contributed by atoms with Crippen LogP contribution in [0.25, 0.3) is 5.69 Å². The van der Waals surface area contributed by atoms with Crippen molar-refractivity contribution in [2.24, 2.45) is 0 Å². The van der Waals surface area contributed by atoms with E-state index in [1.807, 2.05) is 6.07 Å². The van der Waals surface area contributed by atoms with E-state index in [4.69, 9.17) is 14.6 Å². The Balaban J connectivity index is 2.07. The quantitative estimate of drug-likeness (QED) is 0.795. The zero-order valence-electron chi connectivity index (χ0n) is 8.33. The Morgan fingerprint density at radius 1 is 1.31 bits per heavy atom. The fourth-order valence-electron chi connectivity index (χ4n) is 1.60. The molecule has 0 atom stereocenters. The molecule has 1 aromatic heterocycles. The van der Waals surface area contributed by atoms with E-state index in [2.05, 4.69) is 10.3 Å². The van der Waals surface area contributed by atoms with Crippen LogP contribution in [-0.2, 0) is 6.61 Å². The van der Waals surface area contributed by atoms with E-state index < -0.39 is 0 Å². The molecule has 6 heteroatoms. The number of hydrogen-bond acceptors (Lipinski definition) is 5. The highest BCUT2D eigenvalue weighted by Gasteiger charge is 2.15. The number of fused-ring (bicyclic) bond motifs is 1. The molecule has 0 aliphatic carbocycles. The zero-order valence-corrected chi connectivity index (χ0v) is 8.33. The van der Waals surface area contributed by atoms with Crippen molar-refractivity contribution in [3.8, 4) is 17.2 Å². The van der Waals surface area contributed by atoms with E-state index in [0.29, 0.717) is 11.4 Å². The van der Waals surface area contributed by atoms with Gasteiger partial charge in [0.2, 0.25) is 6.79 Å². The molecule has 1 aliphatic heterocycles. The average Bonchev–Trinajstić information content (AvgIpc) is 2.96. The number of aromatic nitrogens is 3. The van der Waals surface area contributed by atoms with Crippen molar-refractivity contribution >= 4 is 0 Å². The Hall–Kier alpha value is -2.08. The van der Waals surface area contributed by atoms with Crippen LogP contribution >= 0.6 is 0 Å². The van der Waals surface area contributed by atoms with Gasteiger partial charge in [0.15, 0.2) is 11.5 Å². The van der Waals surface area contributed by atoms with Crippen LogP contribution in [0.15, 0.2) is 24.4 Å². The summed E-state index contributed by atoms with van der Waals surface area (Å²) in [6.07, 6.45) is 1.52. The predicted molar refractivity (Wildman–Crippen MR) is 53.4 cm³/mol. The first kappa shape index (κ1) is 9.17. The van der Waals surface area contributed by atoms with E-state index in [9.17, 15) is 0 Å². The van der Waals surface area contributed by atoms with Gasteiger partial charge in [0, 0.05) is 6.07 Å². The van der Waals surface area contributed by atoms with Crippen LogP contribution in [0.1, 0.15) is 5.69 Å². The largest absolute Gasteiger partial charge is 0.454 e. The highest BCUT2D eigenvalue weighted by molar-refractivity contribution is 5.49. The van der Waals surface area contributed by atoms with Crippen molar-refractivity contribution < 1.29 is 14.6 Å². The van der Waals surface area contributed by atoms with Gasteiger partial charge in [-0.2, -0.15) is 0 Å². The summed E-state index contributed by atoms with van der Waals surface area (Å²) in [6.45, 7) is 0.129. The molecule has 1 aromatic carbocycles. The van der Waals surface area contributed by atoms with Gasteiger partial charge in [-0.3, -0.25) is 0 Å². The summed E-state index contributed by atoms with van der Waals surface area (Å²) in [6, 6.07) is 5.44. The molecule has 1 N–H and O–H groups in total. The number of nitrogens with zero attached hydrogens (tertiary/aromatic N) is 3. The van der Waals surface area contributed by atoms with Gasteiger partial charge in [0.25, 0.3) is 0 Å². The second-order valence-corrected chi connectivity index (χ2v) is 3.33. The van der Waals surface area contributed by atoms with E-state index in [-0.39, 0.29) is 13.4 Å². The van der Waals surface area contributed by atoms with Gasteiger partial charge in [-0.15, -0.1) is 5.10 Å². The van der Waals surface area contributed by atoms with Crippen molar-refractivity contribution in [3.05, 3.63) is 30.1 Å². The Morgan fingerprint density at radius 2 is 2.19 bits per heavy atom. The van der Waals surface area contributed by atoms with Crippen LogP contribution in [0.4, 0.5) is 0 Å². The van der Waals surface area contributed by atoms with E-state index >= 15 is 0 Å². The van der Waals surface area contributed by atoms with E-state index in [0.717, 1.165) is 11.4 Å². The Morgan fingerprint density at radius 3 is 3.06 bits per heavy atom. The van der Waals surface area contributed by atoms with Crippen molar-refractivity contribution in [2.45, 2.75) is 6.61 Å². The number of hydrogen-bond donors (Lipinski definition) is 1. The maximum absolute atomic E-state index is 9.11. The fourth-order valence-corrected chi connectivity index (χ4v) is 1.60. The van der Waals surface area contributed by atoms with Crippen molar-refractivity contribution in [1.82, 2.24) is 15.0 Å². The molecule has 0 fully saturated rings. The maximum Gasteiger partial charge on any atom is 0.231 e. The van der Waals surface area contributed by atoms with E-state index in [1.165, 1.54) is 6.20 Å². The summed E-state index contributed by atoms with van der Waals surface area (Å²) in [5.74, 6) is 1.39. The lowest BCUT2D eigenvalue weighted by atomic mass is 10.2. The molecule has 0 spiro atoms. The maximum atomic E-state index is 9.11. The summed E-state index contributed by atoms with van der Waals surface area (Å²) in [7, 11) is 0. The summed E-state index contributed by atoms with van der Waals surface area (Å²) in [5, 5.41) is 16.7. The number of aliphatic hydroxyl groups is 1. The molecule has 0 saturated carbocycles. The molecule has 0 saturated heterocycles. The third-order valence-corrected chi connectivity index (χ3v) is 2.38. The average molecular weight is 219 g/mol. The van der Waals surface area contributed by atoms with Crippen molar-refractivity contribution in [1.29, 1.82) is 0 Å². The minimum atomic E-state index is -0.110. The van der Waals surface area contributed by atoms with Crippen LogP contribution in [0.5, 0.6) is 11.5 Å². The van der Waals surface area contributed by atoms with Crippen molar-refractivity contribution in [2.75, 3.05) is 6.79 Å². The molecular weight excluding hydrogens is 210 g/mol. The van der Waals surface area contributed by atoms with Crippen LogP contribution in [0, 0.1) is 0 Å². The normalized spacial score (nSPS) is 13.1. The Kier molecular flexibility index (Phi) is 2.00. The topological polar surface area (TPSA) is 69.4 Å². The Bertz CT molecular complexity index is 524. The second-order valence-electron chi connectivity index (χ2n) is 3.33. The zero-order chi connectivity index (χ0) is 11.0. The van der Waals surface area contributed by atoms with Gasteiger partial charge in [0.05, 0.1) is 24.2 Å². The third-order valence-electron chi connectivity index (χ3n) is 2.38. The first-order valence-corrected chi connectivity index (χ1v) is 4.79. The molecular formula is C10H9N3O3. The van der Waals surface area contributed by atoms with Gasteiger partial charge in [-0.25, -0.2) is 4.68 Å².